The minimum absolute atomic E-state index is 0.164. The van der Waals surface area contributed by atoms with E-state index < -0.39 is 10.3 Å². The van der Waals surface area contributed by atoms with Gasteiger partial charge >= 0.3 is 0 Å². The summed E-state index contributed by atoms with van der Waals surface area (Å²) in [4.78, 5) is 18.2. The van der Waals surface area contributed by atoms with E-state index in [1.54, 1.807) is 42.6 Å². The highest BCUT2D eigenvalue weighted by atomic mass is 35.5. The predicted molar refractivity (Wildman–Crippen MR) is 184 cm³/mol. The molecule has 3 heterocycles. The highest BCUT2D eigenvalue weighted by molar-refractivity contribution is 7.72. The molecule has 6 rings (SSSR count). The van der Waals surface area contributed by atoms with Gasteiger partial charge in [-0.05, 0) is 66.6 Å². The molecule has 0 saturated heterocycles. The molecule has 0 amide bonds. The Labute approximate surface area is 281 Å². The summed E-state index contributed by atoms with van der Waals surface area (Å²) in [6.07, 6.45) is 3.92. The molecule has 2 N–H and O–H groups in total. The summed E-state index contributed by atoms with van der Waals surface area (Å²) in [5.74, 6) is 0.726. The van der Waals surface area contributed by atoms with Gasteiger partial charge in [-0.25, -0.2) is 19.3 Å². The minimum atomic E-state index is -2.43. The molecule has 0 bridgehead atoms. The first-order valence-electron chi connectivity index (χ1n) is 14.6. The van der Waals surface area contributed by atoms with Crippen LogP contribution >= 0.6 is 22.9 Å². The maximum atomic E-state index is 13.5. The number of ether oxygens (including phenoxy) is 1. The summed E-state index contributed by atoms with van der Waals surface area (Å²) in [5.41, 5.74) is 4.39. The fourth-order valence-electron chi connectivity index (χ4n) is 4.87. The Morgan fingerprint density at radius 3 is 2.68 bits per heavy atom. The highest BCUT2D eigenvalue weighted by Gasteiger charge is 2.19. The number of anilines is 2. The zero-order valence-electron chi connectivity index (χ0n) is 25.0. The van der Waals surface area contributed by atoms with Crippen LogP contribution in [-0.2, 0) is 23.3 Å². The molecule has 0 saturated carbocycles. The quantitative estimate of drug-likeness (QED) is 0.133. The normalized spacial score (nSPS) is 11.7. The van der Waals surface area contributed by atoms with Gasteiger partial charge in [0.25, 0.3) is 0 Å². The maximum Gasteiger partial charge on any atom is 0.228 e. The Bertz CT molecular complexity index is 2170. The van der Waals surface area contributed by atoms with Crippen LogP contribution in [0.2, 0.25) is 5.02 Å². The number of hydrogen-bond donors (Lipinski definition) is 2. The van der Waals surface area contributed by atoms with E-state index in [0.717, 1.165) is 27.2 Å². The molecule has 1 atom stereocenters. The van der Waals surface area contributed by atoms with E-state index in [2.05, 4.69) is 25.6 Å². The standard InChI is InChI=1S/C34H28ClFN6O3S2/c1-2-28(41-32(47(43)44)17-24-8-3-4-13-37-24)34-42-30(19-46-34)22-9-11-29-26(15-22)33(39-20-38-29)40-25-10-12-31(27(35)16-25)45-18-21-6-5-7-23(36)14-21/h3-16,19-20,28,41H,2,17-18H2,1H3,(H,38,39,40). The van der Waals surface area contributed by atoms with E-state index in [1.165, 1.54) is 29.8 Å². The molecule has 0 radical (unpaired) electrons. The Morgan fingerprint density at radius 2 is 1.91 bits per heavy atom. The molecule has 0 spiro atoms. The first-order valence-corrected chi connectivity index (χ1v) is 17.0. The van der Waals surface area contributed by atoms with Crippen LogP contribution in [0.3, 0.4) is 0 Å². The Hall–Kier alpha value is -4.75. The van der Waals surface area contributed by atoms with Gasteiger partial charge in [0.15, 0.2) is 0 Å². The molecule has 9 nitrogen and oxygen atoms in total. The number of pyridine rings is 1. The molecule has 13 heteroatoms. The maximum absolute atomic E-state index is 13.5. The van der Waals surface area contributed by atoms with Crippen LogP contribution in [0.25, 0.3) is 22.2 Å². The number of rotatable bonds is 11. The number of hydrogen-bond acceptors (Lipinski definition) is 9. The second kappa shape index (κ2) is 14.8. The van der Waals surface area contributed by atoms with Crippen molar-refractivity contribution in [3.8, 4) is 17.0 Å². The number of nitrogens with zero attached hydrogens (tertiary/aromatic N) is 4. The third kappa shape index (κ3) is 7.98. The lowest BCUT2D eigenvalue weighted by molar-refractivity contribution is 0.306. The molecule has 0 aliphatic heterocycles. The van der Waals surface area contributed by atoms with E-state index in [-0.39, 0.29) is 29.9 Å². The Morgan fingerprint density at radius 1 is 1.02 bits per heavy atom. The van der Waals surface area contributed by atoms with Gasteiger partial charge in [-0.3, -0.25) is 10.3 Å². The largest absolute Gasteiger partial charge is 0.487 e. The van der Waals surface area contributed by atoms with E-state index in [9.17, 15) is 12.8 Å². The second-order valence-electron chi connectivity index (χ2n) is 10.5. The average Bonchev–Trinajstić information content (AvgIpc) is 3.57. The SMILES string of the molecule is CCC(NC(Cc1ccccn1)=S(=O)=O)c1nc(-c2ccc3ncnc(Nc4ccc(OCc5cccc(F)c5)c(Cl)c4)c3c2)cs1. The number of nitrogens with one attached hydrogen (secondary N) is 2. The monoisotopic (exact) mass is 686 g/mol. The Kier molecular flexibility index (Phi) is 10.1. The van der Waals surface area contributed by atoms with Crippen molar-refractivity contribution < 1.29 is 17.5 Å². The fourth-order valence-corrected chi connectivity index (χ4v) is 6.58. The number of benzene rings is 3. The smallest absolute Gasteiger partial charge is 0.228 e. The molecule has 47 heavy (non-hydrogen) atoms. The number of thiazole rings is 1. The van der Waals surface area contributed by atoms with Crippen molar-refractivity contribution in [1.29, 1.82) is 0 Å². The summed E-state index contributed by atoms with van der Waals surface area (Å²) in [7, 11) is -2.43. The van der Waals surface area contributed by atoms with E-state index in [0.29, 0.717) is 40.0 Å². The fraction of sp³-hybridized carbons (Fsp3) is 0.147. The molecule has 238 valence electrons. The van der Waals surface area contributed by atoms with Crippen LogP contribution in [0.15, 0.2) is 96.8 Å². The summed E-state index contributed by atoms with van der Waals surface area (Å²) in [6.45, 7) is 2.16. The van der Waals surface area contributed by atoms with E-state index >= 15 is 0 Å². The first-order chi connectivity index (χ1) is 22.9. The van der Waals surface area contributed by atoms with E-state index in [1.807, 2.05) is 42.6 Å². The number of aromatic nitrogens is 4. The van der Waals surface area contributed by atoms with Crippen LogP contribution in [0, 0.1) is 5.82 Å². The van der Waals surface area contributed by atoms with Crippen LogP contribution in [0.4, 0.5) is 15.9 Å². The summed E-state index contributed by atoms with van der Waals surface area (Å²) in [6, 6.07) is 22.4. The zero-order chi connectivity index (χ0) is 32.8. The third-order valence-corrected chi connectivity index (χ3v) is 9.16. The first kappa shape index (κ1) is 32.2. The zero-order valence-corrected chi connectivity index (χ0v) is 27.4. The highest BCUT2D eigenvalue weighted by Crippen LogP contribution is 2.33. The van der Waals surface area contributed by atoms with Crippen molar-refractivity contribution in [3.05, 3.63) is 124 Å². The molecular weight excluding hydrogens is 659 g/mol. The topological polar surface area (TPSA) is 119 Å². The summed E-state index contributed by atoms with van der Waals surface area (Å²) in [5, 5.41) is 10.4. The minimum Gasteiger partial charge on any atom is -0.487 e. The van der Waals surface area contributed by atoms with Crippen LogP contribution < -0.4 is 15.4 Å². The van der Waals surface area contributed by atoms with Crippen LogP contribution in [0.1, 0.15) is 35.7 Å². The molecule has 0 aliphatic carbocycles. The van der Waals surface area contributed by atoms with Crippen molar-refractivity contribution in [2.24, 2.45) is 0 Å². The third-order valence-electron chi connectivity index (χ3n) is 7.24. The molecule has 3 aromatic carbocycles. The molecule has 0 fully saturated rings. The van der Waals surface area contributed by atoms with Crippen molar-refractivity contribution in [3.63, 3.8) is 0 Å². The summed E-state index contributed by atoms with van der Waals surface area (Å²) >= 11 is 7.98. The van der Waals surface area contributed by atoms with Crippen molar-refractivity contribution in [2.45, 2.75) is 32.4 Å². The van der Waals surface area contributed by atoms with Gasteiger partial charge in [-0.15, -0.1) is 11.3 Å². The second-order valence-corrected chi connectivity index (χ2v) is 12.7. The van der Waals surface area contributed by atoms with Crippen molar-refractivity contribution in [1.82, 2.24) is 25.3 Å². The lowest BCUT2D eigenvalue weighted by Gasteiger charge is -2.14. The van der Waals surface area contributed by atoms with Crippen LogP contribution in [0.5, 0.6) is 5.75 Å². The lowest BCUT2D eigenvalue weighted by Crippen LogP contribution is -2.30. The van der Waals surface area contributed by atoms with Gasteiger partial charge in [0.05, 0.1) is 22.3 Å². The predicted octanol–water partition coefficient (Wildman–Crippen LogP) is 7.56. The van der Waals surface area contributed by atoms with Gasteiger partial charge < -0.3 is 10.1 Å². The average molecular weight is 687 g/mol. The van der Waals surface area contributed by atoms with Gasteiger partial charge in [0.1, 0.15) is 40.3 Å². The molecule has 6 aromatic rings. The van der Waals surface area contributed by atoms with E-state index in [4.69, 9.17) is 21.3 Å². The van der Waals surface area contributed by atoms with Crippen molar-refractivity contribution >= 4 is 60.6 Å². The number of halogens is 2. The number of fused-ring (bicyclic) bond motifs is 1. The lowest BCUT2D eigenvalue weighted by atomic mass is 10.1. The van der Waals surface area contributed by atoms with Gasteiger partial charge in [0.2, 0.25) is 10.3 Å². The van der Waals surface area contributed by atoms with Gasteiger partial charge in [-0.1, -0.05) is 42.8 Å². The van der Waals surface area contributed by atoms with Gasteiger partial charge in [0, 0.05) is 40.3 Å². The molecule has 0 aliphatic rings. The Balaban J connectivity index is 1.19. The molecule has 3 aromatic heterocycles. The summed E-state index contributed by atoms with van der Waals surface area (Å²) < 4.78 is 43.4. The molecule has 1 unspecified atom stereocenters. The molecular formula is C34H28ClFN6O3S2. The van der Waals surface area contributed by atoms with Crippen LogP contribution in [-0.4, -0.2) is 33.3 Å². The van der Waals surface area contributed by atoms with Gasteiger partial charge in [-0.2, -0.15) is 8.42 Å². The van der Waals surface area contributed by atoms with Crippen molar-refractivity contribution in [2.75, 3.05) is 5.32 Å².